The van der Waals surface area contributed by atoms with Crippen molar-refractivity contribution in [2.24, 2.45) is 11.7 Å². The molecule has 0 aromatic rings. The van der Waals surface area contributed by atoms with Gasteiger partial charge in [0.25, 0.3) is 0 Å². The minimum atomic E-state index is 0. The van der Waals surface area contributed by atoms with Crippen molar-refractivity contribution >= 4 is 24.8 Å². The SMILES string of the molecule is CCC1CC(CN)CCN1.Cl.Cl. The molecule has 0 amide bonds. The molecule has 2 unspecified atom stereocenters. The first-order valence-corrected chi connectivity index (χ1v) is 4.30. The van der Waals surface area contributed by atoms with E-state index < -0.39 is 0 Å². The molecule has 0 radical (unpaired) electrons. The van der Waals surface area contributed by atoms with E-state index in [1.165, 1.54) is 25.8 Å². The normalized spacial score (nSPS) is 28.5. The molecule has 4 heteroatoms. The second-order valence-electron chi connectivity index (χ2n) is 3.19. The lowest BCUT2D eigenvalue weighted by Crippen LogP contribution is -2.39. The lowest BCUT2D eigenvalue weighted by Gasteiger charge is -2.28. The molecular weight excluding hydrogens is 195 g/mol. The van der Waals surface area contributed by atoms with Crippen LogP contribution in [-0.2, 0) is 0 Å². The third-order valence-electron chi connectivity index (χ3n) is 2.43. The zero-order valence-electron chi connectivity index (χ0n) is 7.58. The molecule has 0 aromatic carbocycles. The average molecular weight is 215 g/mol. The number of hydrogen-bond donors (Lipinski definition) is 2. The molecule has 1 heterocycles. The highest BCUT2D eigenvalue weighted by Crippen LogP contribution is 2.15. The monoisotopic (exact) mass is 214 g/mol. The van der Waals surface area contributed by atoms with Gasteiger partial charge in [-0.05, 0) is 38.3 Å². The predicted molar refractivity (Wildman–Crippen MR) is 58.4 cm³/mol. The van der Waals surface area contributed by atoms with E-state index in [4.69, 9.17) is 5.73 Å². The maximum atomic E-state index is 5.59. The van der Waals surface area contributed by atoms with Gasteiger partial charge >= 0.3 is 0 Å². The molecule has 1 saturated heterocycles. The van der Waals surface area contributed by atoms with Gasteiger partial charge in [-0.15, -0.1) is 24.8 Å². The molecule has 1 aliphatic heterocycles. The summed E-state index contributed by atoms with van der Waals surface area (Å²) in [6.07, 6.45) is 3.80. The van der Waals surface area contributed by atoms with Crippen molar-refractivity contribution in [1.82, 2.24) is 5.32 Å². The van der Waals surface area contributed by atoms with Crippen LogP contribution in [-0.4, -0.2) is 19.1 Å². The highest BCUT2D eigenvalue weighted by molar-refractivity contribution is 5.85. The van der Waals surface area contributed by atoms with Crippen molar-refractivity contribution in [3.8, 4) is 0 Å². The van der Waals surface area contributed by atoms with E-state index in [2.05, 4.69) is 12.2 Å². The van der Waals surface area contributed by atoms with Crippen LogP contribution in [0, 0.1) is 5.92 Å². The highest BCUT2D eigenvalue weighted by Gasteiger charge is 2.18. The Bertz CT molecular complexity index is 91.1. The topological polar surface area (TPSA) is 38.0 Å². The molecule has 2 atom stereocenters. The molecule has 1 fully saturated rings. The first-order valence-electron chi connectivity index (χ1n) is 4.30. The van der Waals surface area contributed by atoms with E-state index in [0.29, 0.717) is 0 Å². The molecule has 0 saturated carbocycles. The Morgan fingerprint density at radius 1 is 1.42 bits per heavy atom. The number of nitrogens with one attached hydrogen (secondary N) is 1. The minimum Gasteiger partial charge on any atom is -0.330 e. The predicted octanol–water partition coefficient (Wildman–Crippen LogP) is 1.57. The summed E-state index contributed by atoms with van der Waals surface area (Å²) in [5, 5.41) is 3.48. The minimum absolute atomic E-state index is 0. The van der Waals surface area contributed by atoms with Crippen molar-refractivity contribution in [2.45, 2.75) is 32.2 Å². The molecule has 1 rings (SSSR count). The lowest BCUT2D eigenvalue weighted by atomic mass is 9.91. The van der Waals surface area contributed by atoms with E-state index in [1.807, 2.05) is 0 Å². The van der Waals surface area contributed by atoms with Crippen molar-refractivity contribution in [3.05, 3.63) is 0 Å². The van der Waals surface area contributed by atoms with E-state index in [1.54, 1.807) is 0 Å². The van der Waals surface area contributed by atoms with Crippen LogP contribution < -0.4 is 11.1 Å². The van der Waals surface area contributed by atoms with E-state index in [-0.39, 0.29) is 24.8 Å². The Morgan fingerprint density at radius 3 is 2.58 bits per heavy atom. The largest absolute Gasteiger partial charge is 0.330 e. The number of piperidine rings is 1. The van der Waals surface area contributed by atoms with Gasteiger partial charge in [0.05, 0.1) is 0 Å². The Morgan fingerprint density at radius 2 is 2.08 bits per heavy atom. The summed E-state index contributed by atoms with van der Waals surface area (Å²) in [4.78, 5) is 0. The first kappa shape index (κ1) is 15.0. The standard InChI is InChI=1S/C8H18N2.2ClH/c1-2-8-5-7(6-9)3-4-10-8;;/h7-8,10H,2-6,9H2,1H3;2*1H. The van der Waals surface area contributed by atoms with Crippen molar-refractivity contribution < 1.29 is 0 Å². The van der Waals surface area contributed by atoms with Crippen molar-refractivity contribution in [3.63, 3.8) is 0 Å². The molecular formula is C8H20Cl2N2. The summed E-state index contributed by atoms with van der Waals surface area (Å²) in [7, 11) is 0. The van der Waals surface area contributed by atoms with Crippen LogP contribution in [0.25, 0.3) is 0 Å². The smallest absolute Gasteiger partial charge is 0.00675 e. The van der Waals surface area contributed by atoms with Crippen LogP contribution in [0.2, 0.25) is 0 Å². The van der Waals surface area contributed by atoms with Crippen LogP contribution in [0.5, 0.6) is 0 Å². The van der Waals surface area contributed by atoms with Gasteiger partial charge < -0.3 is 11.1 Å². The molecule has 0 spiro atoms. The highest BCUT2D eigenvalue weighted by atomic mass is 35.5. The van der Waals surface area contributed by atoms with Crippen LogP contribution in [0.4, 0.5) is 0 Å². The third-order valence-corrected chi connectivity index (χ3v) is 2.43. The van der Waals surface area contributed by atoms with Crippen LogP contribution in [0.1, 0.15) is 26.2 Å². The van der Waals surface area contributed by atoms with Crippen LogP contribution >= 0.6 is 24.8 Å². The summed E-state index contributed by atoms with van der Waals surface area (Å²) in [5.74, 6) is 0.784. The molecule has 1 aliphatic rings. The Hall–Kier alpha value is 0.500. The quantitative estimate of drug-likeness (QED) is 0.733. The van der Waals surface area contributed by atoms with Crippen LogP contribution in [0.15, 0.2) is 0 Å². The summed E-state index contributed by atoms with van der Waals surface area (Å²) in [5.41, 5.74) is 5.59. The molecule has 3 N–H and O–H groups in total. The zero-order chi connectivity index (χ0) is 7.40. The number of nitrogens with two attached hydrogens (primary N) is 1. The van der Waals surface area contributed by atoms with Gasteiger partial charge in [-0.2, -0.15) is 0 Å². The van der Waals surface area contributed by atoms with Gasteiger partial charge in [-0.25, -0.2) is 0 Å². The fourth-order valence-electron chi connectivity index (χ4n) is 1.62. The van der Waals surface area contributed by atoms with Crippen molar-refractivity contribution in [2.75, 3.05) is 13.1 Å². The Balaban J connectivity index is 0. The average Bonchev–Trinajstić information content (AvgIpc) is 2.05. The Kier molecular flexibility index (Phi) is 10.1. The van der Waals surface area contributed by atoms with E-state index >= 15 is 0 Å². The molecule has 0 bridgehead atoms. The maximum Gasteiger partial charge on any atom is 0.00675 e. The summed E-state index contributed by atoms with van der Waals surface area (Å²) >= 11 is 0. The van der Waals surface area contributed by atoms with E-state index in [9.17, 15) is 0 Å². The molecule has 76 valence electrons. The molecule has 0 aromatic heterocycles. The number of rotatable bonds is 2. The van der Waals surface area contributed by atoms with Gasteiger partial charge in [0.1, 0.15) is 0 Å². The van der Waals surface area contributed by atoms with Crippen molar-refractivity contribution in [1.29, 1.82) is 0 Å². The summed E-state index contributed by atoms with van der Waals surface area (Å²) in [6, 6.07) is 0.738. The van der Waals surface area contributed by atoms with Gasteiger partial charge in [-0.1, -0.05) is 6.92 Å². The zero-order valence-corrected chi connectivity index (χ0v) is 9.22. The summed E-state index contributed by atoms with van der Waals surface area (Å²) in [6.45, 7) is 4.27. The van der Waals surface area contributed by atoms with Gasteiger partial charge in [0, 0.05) is 6.04 Å². The fourth-order valence-corrected chi connectivity index (χ4v) is 1.62. The van der Waals surface area contributed by atoms with Crippen LogP contribution in [0.3, 0.4) is 0 Å². The number of halogens is 2. The van der Waals surface area contributed by atoms with Gasteiger partial charge in [0.15, 0.2) is 0 Å². The molecule has 0 aliphatic carbocycles. The molecule has 12 heavy (non-hydrogen) atoms. The fraction of sp³-hybridized carbons (Fsp3) is 1.00. The van der Waals surface area contributed by atoms with Gasteiger partial charge in [-0.3, -0.25) is 0 Å². The Labute approximate surface area is 87.5 Å². The third kappa shape index (κ3) is 4.51. The second kappa shape index (κ2) is 8.11. The van der Waals surface area contributed by atoms with E-state index in [0.717, 1.165) is 18.5 Å². The number of hydrogen-bond acceptors (Lipinski definition) is 2. The molecule has 2 nitrogen and oxygen atoms in total. The first-order chi connectivity index (χ1) is 4.86. The maximum absolute atomic E-state index is 5.59. The second-order valence-corrected chi connectivity index (χ2v) is 3.19. The summed E-state index contributed by atoms with van der Waals surface area (Å²) < 4.78 is 0. The lowest BCUT2D eigenvalue weighted by molar-refractivity contribution is 0.302. The van der Waals surface area contributed by atoms with Gasteiger partial charge in [0.2, 0.25) is 0 Å².